The maximum absolute atomic E-state index is 10.0. The molecule has 1 N–H and O–H groups in total. The topological polar surface area (TPSA) is 23.5 Å². The third-order valence-corrected chi connectivity index (χ3v) is 4.09. The molecule has 1 saturated heterocycles. The third kappa shape index (κ3) is 2.04. The smallest absolute Gasteiger partial charge is 0.0783 e. The van der Waals surface area contributed by atoms with Crippen molar-refractivity contribution < 1.29 is 5.11 Å². The van der Waals surface area contributed by atoms with Crippen molar-refractivity contribution in [2.45, 2.75) is 45.8 Å². The van der Waals surface area contributed by atoms with Gasteiger partial charge < -0.3 is 10.0 Å². The number of nitrogens with zero attached hydrogens (tertiary/aromatic N) is 1. The van der Waals surface area contributed by atoms with Crippen molar-refractivity contribution >= 4 is 17.3 Å². The van der Waals surface area contributed by atoms with Gasteiger partial charge in [-0.2, -0.15) is 0 Å². The molecule has 0 amide bonds. The van der Waals surface area contributed by atoms with E-state index in [2.05, 4.69) is 31.7 Å². The zero-order chi connectivity index (χ0) is 12.8. The number of hydrogen-bond donors (Lipinski definition) is 1. The van der Waals surface area contributed by atoms with Gasteiger partial charge in [-0.3, -0.25) is 0 Å². The molecule has 1 heterocycles. The van der Waals surface area contributed by atoms with Gasteiger partial charge in [0.05, 0.1) is 22.4 Å². The van der Waals surface area contributed by atoms with Crippen molar-refractivity contribution in [3.05, 3.63) is 28.3 Å². The van der Waals surface area contributed by atoms with Gasteiger partial charge in [-0.15, -0.1) is 0 Å². The molecule has 1 aliphatic rings. The Labute approximate surface area is 108 Å². The Morgan fingerprint density at radius 1 is 1.35 bits per heavy atom. The van der Waals surface area contributed by atoms with E-state index in [4.69, 9.17) is 11.6 Å². The molecule has 1 unspecified atom stereocenters. The molecule has 1 atom stereocenters. The molecule has 17 heavy (non-hydrogen) atoms. The second kappa shape index (κ2) is 4.18. The summed E-state index contributed by atoms with van der Waals surface area (Å²) in [6.45, 7) is 9.12. The highest BCUT2D eigenvalue weighted by Gasteiger charge is 2.41. The summed E-state index contributed by atoms with van der Waals surface area (Å²) in [7, 11) is 0. The first-order valence-corrected chi connectivity index (χ1v) is 6.44. The van der Waals surface area contributed by atoms with E-state index in [0.29, 0.717) is 0 Å². The fourth-order valence-corrected chi connectivity index (χ4v) is 3.15. The summed E-state index contributed by atoms with van der Waals surface area (Å²) in [6.07, 6.45) is 0.510. The number of aliphatic hydroxyl groups is 1. The average molecular weight is 254 g/mol. The van der Waals surface area contributed by atoms with E-state index in [0.717, 1.165) is 23.7 Å². The van der Waals surface area contributed by atoms with Crippen LogP contribution >= 0.6 is 11.6 Å². The predicted molar refractivity (Wildman–Crippen MR) is 73.0 cm³/mol. The van der Waals surface area contributed by atoms with Gasteiger partial charge in [0.15, 0.2) is 0 Å². The van der Waals surface area contributed by atoms with Crippen molar-refractivity contribution in [3.8, 4) is 0 Å². The van der Waals surface area contributed by atoms with Crippen LogP contribution < -0.4 is 4.90 Å². The molecule has 0 aliphatic carbocycles. The number of hydrogen-bond acceptors (Lipinski definition) is 2. The van der Waals surface area contributed by atoms with Gasteiger partial charge in [-0.05, 0) is 51.3 Å². The summed E-state index contributed by atoms with van der Waals surface area (Å²) in [5.74, 6) is 0. The molecule has 0 spiro atoms. The molecule has 1 aromatic carbocycles. The van der Waals surface area contributed by atoms with Gasteiger partial charge in [-0.1, -0.05) is 17.7 Å². The maximum atomic E-state index is 10.0. The van der Waals surface area contributed by atoms with E-state index < -0.39 is 0 Å². The fraction of sp³-hybridized carbons (Fsp3) is 0.571. The van der Waals surface area contributed by atoms with Crippen molar-refractivity contribution in [1.29, 1.82) is 0 Å². The molecule has 0 radical (unpaired) electrons. The molecular weight excluding hydrogens is 234 g/mol. The minimum Gasteiger partial charge on any atom is -0.391 e. The van der Waals surface area contributed by atoms with Crippen LogP contribution in [0.15, 0.2) is 12.1 Å². The SMILES string of the molecule is Cc1cc(C)c(N2CCC(O)C2(C)C)c(Cl)c1. The molecule has 0 saturated carbocycles. The summed E-state index contributed by atoms with van der Waals surface area (Å²) in [6, 6.07) is 4.13. The van der Waals surface area contributed by atoms with Gasteiger partial charge in [-0.25, -0.2) is 0 Å². The van der Waals surface area contributed by atoms with Crippen molar-refractivity contribution in [2.24, 2.45) is 0 Å². The highest BCUT2D eigenvalue weighted by Crippen LogP contribution is 2.40. The standard InChI is InChI=1S/C14H20ClNO/c1-9-7-10(2)13(11(15)8-9)16-6-5-12(17)14(16,3)4/h7-8,12,17H,5-6H2,1-4H3. The second-order valence-corrected chi connectivity index (χ2v) is 5.93. The molecule has 2 rings (SSSR count). The fourth-order valence-electron chi connectivity index (χ4n) is 2.72. The zero-order valence-corrected chi connectivity index (χ0v) is 11.7. The Morgan fingerprint density at radius 3 is 2.47 bits per heavy atom. The van der Waals surface area contributed by atoms with Crippen LogP contribution in [0.4, 0.5) is 5.69 Å². The molecule has 1 aromatic rings. The summed E-state index contributed by atoms with van der Waals surface area (Å²) >= 11 is 6.37. The van der Waals surface area contributed by atoms with Crippen molar-refractivity contribution in [3.63, 3.8) is 0 Å². The highest BCUT2D eigenvalue weighted by molar-refractivity contribution is 6.33. The number of rotatable bonds is 1. The first-order valence-electron chi connectivity index (χ1n) is 6.06. The summed E-state index contributed by atoms with van der Waals surface area (Å²) in [4.78, 5) is 2.23. The Kier molecular flexibility index (Phi) is 3.13. The van der Waals surface area contributed by atoms with Crippen LogP contribution in [0.2, 0.25) is 5.02 Å². The Balaban J connectivity index is 2.49. The lowest BCUT2D eigenvalue weighted by Gasteiger charge is -2.37. The Bertz CT molecular complexity index is 419. The van der Waals surface area contributed by atoms with Crippen LogP contribution in [0.5, 0.6) is 0 Å². The lowest BCUT2D eigenvalue weighted by molar-refractivity contribution is 0.127. The van der Waals surface area contributed by atoms with Crippen LogP contribution in [-0.4, -0.2) is 23.3 Å². The van der Waals surface area contributed by atoms with Crippen LogP contribution in [0, 0.1) is 13.8 Å². The van der Waals surface area contributed by atoms with Crippen molar-refractivity contribution in [2.75, 3.05) is 11.4 Å². The van der Waals surface area contributed by atoms with Gasteiger partial charge >= 0.3 is 0 Å². The van der Waals surface area contributed by atoms with Gasteiger partial charge in [0, 0.05) is 6.54 Å². The normalized spacial score (nSPS) is 23.2. The van der Waals surface area contributed by atoms with E-state index in [9.17, 15) is 5.11 Å². The number of aryl methyl sites for hydroxylation is 2. The third-order valence-electron chi connectivity index (χ3n) is 3.81. The number of aliphatic hydroxyl groups excluding tert-OH is 1. The molecule has 0 bridgehead atoms. The van der Waals surface area contributed by atoms with Crippen LogP contribution in [0.3, 0.4) is 0 Å². The number of halogens is 1. The lowest BCUT2D eigenvalue weighted by Crippen LogP contribution is -2.45. The zero-order valence-electron chi connectivity index (χ0n) is 10.9. The summed E-state index contributed by atoms with van der Waals surface area (Å²) in [5.41, 5.74) is 3.17. The minimum atomic E-state index is -0.292. The number of anilines is 1. The second-order valence-electron chi connectivity index (χ2n) is 5.52. The van der Waals surface area contributed by atoms with Crippen LogP contribution in [-0.2, 0) is 0 Å². The first kappa shape index (κ1) is 12.7. The molecule has 2 nitrogen and oxygen atoms in total. The summed E-state index contributed by atoms with van der Waals surface area (Å²) in [5, 5.41) is 10.8. The maximum Gasteiger partial charge on any atom is 0.0783 e. The van der Waals surface area contributed by atoms with E-state index >= 15 is 0 Å². The first-order chi connectivity index (χ1) is 7.84. The number of benzene rings is 1. The van der Waals surface area contributed by atoms with E-state index in [-0.39, 0.29) is 11.6 Å². The van der Waals surface area contributed by atoms with Gasteiger partial charge in [0.1, 0.15) is 0 Å². The predicted octanol–water partition coefficient (Wildman–Crippen LogP) is 3.31. The minimum absolute atomic E-state index is 0.246. The van der Waals surface area contributed by atoms with E-state index in [1.807, 2.05) is 13.0 Å². The quantitative estimate of drug-likeness (QED) is 0.830. The largest absolute Gasteiger partial charge is 0.391 e. The Hall–Kier alpha value is -0.730. The van der Waals surface area contributed by atoms with Gasteiger partial charge in [0.2, 0.25) is 0 Å². The monoisotopic (exact) mass is 253 g/mol. The van der Waals surface area contributed by atoms with E-state index in [1.54, 1.807) is 0 Å². The van der Waals surface area contributed by atoms with E-state index in [1.165, 1.54) is 11.1 Å². The van der Waals surface area contributed by atoms with Crippen molar-refractivity contribution in [1.82, 2.24) is 0 Å². The summed E-state index contributed by atoms with van der Waals surface area (Å²) < 4.78 is 0. The molecular formula is C14H20ClNO. The Morgan fingerprint density at radius 2 is 2.00 bits per heavy atom. The molecule has 1 aliphatic heterocycles. The molecule has 0 aromatic heterocycles. The van der Waals surface area contributed by atoms with Gasteiger partial charge in [0.25, 0.3) is 0 Å². The van der Waals surface area contributed by atoms with Crippen LogP contribution in [0.1, 0.15) is 31.4 Å². The molecule has 3 heteroatoms. The molecule has 1 fully saturated rings. The highest BCUT2D eigenvalue weighted by atomic mass is 35.5. The molecule has 94 valence electrons. The van der Waals surface area contributed by atoms with Crippen LogP contribution in [0.25, 0.3) is 0 Å². The lowest BCUT2D eigenvalue weighted by atomic mass is 9.97. The average Bonchev–Trinajstić information content (AvgIpc) is 2.43.